The predicted octanol–water partition coefficient (Wildman–Crippen LogP) is 3.36. The van der Waals surface area contributed by atoms with Gasteiger partial charge in [0, 0.05) is 62.1 Å². The summed E-state index contributed by atoms with van der Waals surface area (Å²) in [7, 11) is -1.12. The molecule has 5 heterocycles. The summed E-state index contributed by atoms with van der Waals surface area (Å²) in [5, 5.41) is 15.2. The fourth-order valence-corrected chi connectivity index (χ4v) is 8.41. The number of piperidine rings is 1. The van der Waals surface area contributed by atoms with Crippen molar-refractivity contribution < 1.29 is 17.9 Å². The van der Waals surface area contributed by atoms with Crippen molar-refractivity contribution in [1.82, 2.24) is 19.9 Å². The van der Waals surface area contributed by atoms with Crippen LogP contribution in [-0.4, -0.2) is 102 Å². The molecule has 3 aliphatic heterocycles. The van der Waals surface area contributed by atoms with E-state index in [1.807, 2.05) is 24.2 Å². The molecule has 0 saturated carbocycles. The highest BCUT2D eigenvalue weighted by Gasteiger charge is 2.41. The van der Waals surface area contributed by atoms with Crippen LogP contribution < -0.4 is 15.1 Å². The molecule has 2 N–H and O–H groups in total. The molecule has 0 spiro atoms. The fourth-order valence-electron chi connectivity index (χ4n) is 6.31. The summed E-state index contributed by atoms with van der Waals surface area (Å²) in [4.78, 5) is 19.7. The van der Waals surface area contributed by atoms with Crippen molar-refractivity contribution in [2.45, 2.75) is 50.1 Å². The number of aromatic nitrogens is 3. The average Bonchev–Trinajstić information content (AvgIpc) is 2.89. The normalized spacial score (nSPS) is 24.2. The van der Waals surface area contributed by atoms with E-state index in [0.717, 1.165) is 16.5 Å². The third kappa shape index (κ3) is 5.63. The molecular weight excluding hydrogens is 557 g/mol. The zero-order valence-electron chi connectivity index (χ0n) is 24.7. The number of aliphatic hydroxyl groups is 1. The van der Waals surface area contributed by atoms with Gasteiger partial charge >= 0.3 is 0 Å². The molecule has 0 aliphatic carbocycles. The number of hydrogen-bond acceptors (Lipinski definition) is 10. The Kier molecular flexibility index (Phi) is 7.51. The highest BCUT2D eigenvalue weighted by Crippen LogP contribution is 2.37. The first-order valence-electron chi connectivity index (χ1n) is 14.7. The van der Waals surface area contributed by atoms with Crippen molar-refractivity contribution in [1.29, 1.82) is 0 Å². The molecule has 226 valence electrons. The molecule has 0 radical (unpaired) electrons. The van der Waals surface area contributed by atoms with Gasteiger partial charge in [0.25, 0.3) is 0 Å². The summed E-state index contributed by atoms with van der Waals surface area (Å²) in [6, 6.07) is 8.06. The van der Waals surface area contributed by atoms with Crippen molar-refractivity contribution in [2.24, 2.45) is 5.92 Å². The van der Waals surface area contributed by atoms with Crippen LogP contribution in [0.4, 0.5) is 27.7 Å². The monoisotopic (exact) mass is 597 g/mol. The van der Waals surface area contributed by atoms with Crippen molar-refractivity contribution in [3.63, 3.8) is 0 Å². The number of halogens is 1. The van der Waals surface area contributed by atoms with Crippen LogP contribution in [0.5, 0.6) is 0 Å². The predicted molar refractivity (Wildman–Crippen MR) is 164 cm³/mol. The molecular formula is C30H40FN7O3S. The largest absolute Gasteiger partial charge is 0.390 e. The second-order valence-corrected chi connectivity index (χ2v) is 15.1. The van der Waals surface area contributed by atoms with Gasteiger partial charge in [0.15, 0.2) is 15.5 Å². The van der Waals surface area contributed by atoms with Crippen LogP contribution in [-0.2, 0) is 9.84 Å². The Morgan fingerprint density at radius 1 is 1.10 bits per heavy atom. The first kappa shape index (κ1) is 29.0. The van der Waals surface area contributed by atoms with Gasteiger partial charge in [-0.1, -0.05) is 19.9 Å². The molecule has 3 aliphatic rings. The Balaban J connectivity index is 1.20. The van der Waals surface area contributed by atoms with Crippen molar-refractivity contribution in [3.8, 4) is 0 Å². The fraction of sp³-hybridized carbons (Fsp3) is 0.567. The number of alkyl halides is 1. The summed E-state index contributed by atoms with van der Waals surface area (Å²) in [5.74, 6) is 2.26. The molecule has 0 unspecified atom stereocenters. The van der Waals surface area contributed by atoms with Crippen LogP contribution in [0.2, 0.25) is 0 Å². The number of aliphatic hydroxyl groups excluding tert-OH is 1. The number of nitrogens with zero attached hydrogens (tertiary/aromatic N) is 6. The van der Waals surface area contributed by atoms with E-state index in [9.17, 15) is 17.9 Å². The number of sulfone groups is 1. The molecule has 12 heteroatoms. The van der Waals surface area contributed by atoms with E-state index in [2.05, 4.69) is 46.2 Å². The third-order valence-corrected chi connectivity index (χ3v) is 11.1. The van der Waals surface area contributed by atoms with Crippen molar-refractivity contribution in [2.75, 3.05) is 67.2 Å². The molecule has 6 rings (SSSR count). The summed E-state index contributed by atoms with van der Waals surface area (Å²) in [6.07, 6.45) is 2.82. The minimum atomic E-state index is -3.07. The van der Waals surface area contributed by atoms with Gasteiger partial charge in [-0.15, -0.1) is 0 Å². The van der Waals surface area contributed by atoms with Gasteiger partial charge in [0.05, 0.1) is 23.7 Å². The lowest BCUT2D eigenvalue weighted by Crippen LogP contribution is -2.56. The maximum atomic E-state index is 14.8. The van der Waals surface area contributed by atoms with Crippen LogP contribution in [0.25, 0.3) is 10.8 Å². The van der Waals surface area contributed by atoms with Gasteiger partial charge < -0.3 is 25.1 Å². The zero-order valence-corrected chi connectivity index (χ0v) is 25.5. The standard InChI is InChI=1S/C30H40FN7O3S/c1-19(2)22-5-6-25(38-13-20(14-38)17-42(40,41)21-15-36(4)16-21)24-12-33-28(11-23(22)24)34-27-7-9-32-29(35-27)37-10-8-26(39)30(3,31)18-37/h5-7,9,11-12,19-21,26,39H,8,10,13-18H2,1-4H3,(H,32,33,34,35)/t26-,30+/m1/s1. The van der Waals surface area contributed by atoms with Gasteiger partial charge in [0.1, 0.15) is 11.6 Å². The number of hydrogen-bond donors (Lipinski definition) is 2. The highest BCUT2D eigenvalue weighted by molar-refractivity contribution is 7.92. The van der Waals surface area contributed by atoms with E-state index >= 15 is 0 Å². The SMILES string of the molecule is CC(C)c1ccc(N2CC(CS(=O)(=O)C3CN(C)C3)C2)c2cnc(Nc3ccnc(N4CC[C@@H](O)[C@@](C)(F)C4)n3)cc12. The molecule has 10 nitrogen and oxygen atoms in total. The van der Waals surface area contributed by atoms with Crippen LogP contribution in [0, 0.1) is 5.92 Å². The summed E-state index contributed by atoms with van der Waals surface area (Å²) < 4.78 is 40.3. The number of likely N-dealkylation sites (tertiary alicyclic amines) is 1. The third-order valence-electron chi connectivity index (χ3n) is 8.89. The van der Waals surface area contributed by atoms with Gasteiger partial charge in [0.2, 0.25) is 5.95 Å². The maximum Gasteiger partial charge on any atom is 0.227 e. The van der Waals surface area contributed by atoms with Gasteiger partial charge in [-0.2, -0.15) is 4.98 Å². The van der Waals surface area contributed by atoms with E-state index in [0.29, 0.717) is 62.6 Å². The minimum Gasteiger partial charge on any atom is -0.390 e. The molecule has 0 amide bonds. The lowest BCUT2D eigenvalue weighted by molar-refractivity contribution is -0.00860. The minimum absolute atomic E-state index is 0.0214. The summed E-state index contributed by atoms with van der Waals surface area (Å²) in [6.45, 7) is 8.93. The molecule has 3 aromatic rings. The number of anilines is 4. The van der Waals surface area contributed by atoms with Crippen LogP contribution in [0.3, 0.4) is 0 Å². The van der Waals surface area contributed by atoms with Crippen LogP contribution >= 0.6 is 0 Å². The zero-order chi connectivity index (χ0) is 29.8. The summed E-state index contributed by atoms with van der Waals surface area (Å²) >= 11 is 0. The van der Waals surface area contributed by atoms with Crippen molar-refractivity contribution >= 4 is 43.9 Å². The maximum absolute atomic E-state index is 14.8. The van der Waals surface area contributed by atoms with E-state index in [-0.39, 0.29) is 23.5 Å². The first-order valence-corrected chi connectivity index (χ1v) is 16.4. The summed E-state index contributed by atoms with van der Waals surface area (Å²) in [5.41, 5.74) is 0.538. The number of rotatable bonds is 8. The molecule has 0 bridgehead atoms. The Bertz CT molecular complexity index is 1570. The Morgan fingerprint density at radius 2 is 1.86 bits per heavy atom. The van der Waals surface area contributed by atoms with E-state index in [4.69, 9.17) is 4.98 Å². The molecule has 2 aromatic heterocycles. The number of fused-ring (bicyclic) bond motifs is 1. The smallest absolute Gasteiger partial charge is 0.227 e. The van der Waals surface area contributed by atoms with E-state index < -0.39 is 21.6 Å². The molecule has 2 atom stereocenters. The average molecular weight is 598 g/mol. The second-order valence-electron chi connectivity index (χ2n) is 12.8. The van der Waals surface area contributed by atoms with Gasteiger partial charge in [-0.25, -0.2) is 22.8 Å². The second kappa shape index (κ2) is 10.9. The van der Waals surface area contributed by atoms with E-state index in [1.165, 1.54) is 12.5 Å². The quantitative estimate of drug-likeness (QED) is 0.401. The van der Waals surface area contributed by atoms with Gasteiger partial charge in [-0.05, 0) is 55.5 Å². The van der Waals surface area contributed by atoms with Crippen molar-refractivity contribution in [3.05, 3.63) is 42.2 Å². The Labute approximate surface area is 246 Å². The van der Waals surface area contributed by atoms with Gasteiger partial charge in [-0.3, -0.25) is 0 Å². The van der Waals surface area contributed by atoms with E-state index in [1.54, 1.807) is 17.2 Å². The molecule has 42 heavy (non-hydrogen) atoms. The number of benzene rings is 1. The molecule has 3 fully saturated rings. The van der Waals surface area contributed by atoms with Crippen LogP contribution in [0.15, 0.2) is 36.7 Å². The lowest BCUT2D eigenvalue weighted by atomic mass is 9.93. The first-order chi connectivity index (χ1) is 19.9. The highest BCUT2D eigenvalue weighted by atomic mass is 32.2. The Hall–Kier alpha value is -3.09. The molecule has 1 aromatic carbocycles. The topological polar surface area (TPSA) is 115 Å². The number of pyridine rings is 1. The van der Waals surface area contributed by atoms with Crippen LogP contribution in [0.1, 0.15) is 38.7 Å². The lowest BCUT2D eigenvalue weighted by Gasteiger charge is -2.43. The Morgan fingerprint density at radius 3 is 2.55 bits per heavy atom. The number of nitrogens with one attached hydrogen (secondary N) is 1. The molecule has 3 saturated heterocycles.